The molecule has 0 bridgehead atoms. The van der Waals surface area contributed by atoms with Crippen molar-refractivity contribution in [2.24, 2.45) is 5.92 Å². The minimum atomic E-state index is -0.895. The lowest BCUT2D eigenvalue weighted by Gasteiger charge is -2.27. The maximum absolute atomic E-state index is 13.3. The van der Waals surface area contributed by atoms with Crippen LogP contribution in [0.15, 0.2) is 28.6 Å². The summed E-state index contributed by atoms with van der Waals surface area (Å²) in [7, 11) is 0. The lowest BCUT2D eigenvalue weighted by molar-refractivity contribution is -0.133. The Labute approximate surface area is 195 Å². The number of thioether (sulfide) groups is 1. The normalized spacial score (nSPS) is 15.6. The molecule has 0 radical (unpaired) electrons. The number of carbonyl (C=O) groups excluding carboxylic acids is 2. The average molecular weight is 475 g/mol. The molecule has 1 aliphatic carbocycles. The van der Waals surface area contributed by atoms with Gasteiger partial charge in [-0.3, -0.25) is 19.8 Å². The van der Waals surface area contributed by atoms with Gasteiger partial charge in [-0.25, -0.2) is 9.78 Å². The van der Waals surface area contributed by atoms with Crippen LogP contribution in [-0.4, -0.2) is 46.8 Å². The molecule has 2 aromatic rings. The zero-order valence-electron chi connectivity index (χ0n) is 17.9. The van der Waals surface area contributed by atoms with E-state index in [1.165, 1.54) is 35.9 Å². The van der Waals surface area contributed by atoms with Crippen molar-refractivity contribution in [1.29, 1.82) is 0 Å². The van der Waals surface area contributed by atoms with E-state index >= 15 is 0 Å². The minimum absolute atomic E-state index is 0.00173. The number of hydrogen-bond donors (Lipinski definition) is 2. The van der Waals surface area contributed by atoms with Crippen LogP contribution in [0, 0.1) is 5.92 Å². The van der Waals surface area contributed by atoms with Gasteiger partial charge in [-0.2, -0.15) is 0 Å². The maximum Gasteiger partial charge on any atom is 0.328 e. The van der Waals surface area contributed by atoms with Crippen LogP contribution in [0.5, 0.6) is 0 Å². The second-order valence-electron chi connectivity index (χ2n) is 8.09. The number of aromatic nitrogens is 1. The second kappa shape index (κ2) is 9.91. The number of fused-ring (bicyclic) bond motifs is 1. The van der Waals surface area contributed by atoms with Gasteiger partial charge >= 0.3 is 12.0 Å². The smallest absolute Gasteiger partial charge is 0.328 e. The molecule has 2 N–H and O–H groups in total. The predicted molar refractivity (Wildman–Crippen MR) is 127 cm³/mol. The second-order valence-corrected chi connectivity index (χ2v) is 10.4. The highest BCUT2D eigenvalue weighted by molar-refractivity contribution is 8.01. The van der Waals surface area contributed by atoms with Crippen LogP contribution < -0.4 is 15.1 Å². The van der Waals surface area contributed by atoms with E-state index in [1.54, 1.807) is 22.9 Å². The van der Waals surface area contributed by atoms with Gasteiger partial charge in [-0.1, -0.05) is 30.2 Å². The number of amides is 3. The Bertz CT molecular complexity index is 1020. The Morgan fingerprint density at radius 2 is 2.09 bits per heavy atom. The van der Waals surface area contributed by atoms with Crippen LogP contribution in [0.3, 0.4) is 0 Å². The number of carboxylic acid groups (broad SMARTS) is 1. The molecular formula is C22H26N4O4S2. The number of urea groups is 1. The molecule has 1 aliphatic heterocycles. The van der Waals surface area contributed by atoms with Crippen LogP contribution in [0.1, 0.15) is 38.2 Å². The number of nitrogens with one attached hydrogen (secondary N) is 1. The van der Waals surface area contributed by atoms with E-state index < -0.39 is 5.97 Å². The number of carboxylic acids is 1. The lowest BCUT2D eigenvalue weighted by Crippen LogP contribution is -2.38. The maximum atomic E-state index is 13.3. The molecule has 1 saturated carbocycles. The number of aliphatic carboxylic acids is 1. The molecule has 10 heteroatoms. The van der Waals surface area contributed by atoms with Gasteiger partial charge in [0.15, 0.2) is 5.13 Å². The molecule has 4 rings (SSSR count). The number of carbonyl (C=O) groups is 3. The summed E-state index contributed by atoms with van der Waals surface area (Å²) < 4.78 is 0.736. The number of thiazole rings is 1. The number of anilines is 3. The molecule has 0 spiro atoms. The number of benzene rings is 1. The van der Waals surface area contributed by atoms with Gasteiger partial charge < -0.3 is 10.0 Å². The summed E-state index contributed by atoms with van der Waals surface area (Å²) in [6, 6.07) is 5.63. The van der Waals surface area contributed by atoms with Crippen molar-refractivity contribution < 1.29 is 19.5 Å². The highest BCUT2D eigenvalue weighted by Crippen LogP contribution is 2.35. The van der Waals surface area contributed by atoms with E-state index in [0.717, 1.165) is 40.4 Å². The Balaban J connectivity index is 1.54. The first-order valence-corrected chi connectivity index (χ1v) is 12.5. The SMILES string of the molecule is CC(=O)N1CCc2ccc(N(CC3CCCC3)C(=O)Nc3ncc(SCC(=O)O)s3)cc21. The van der Waals surface area contributed by atoms with E-state index in [9.17, 15) is 14.4 Å². The first-order chi connectivity index (χ1) is 15.4. The van der Waals surface area contributed by atoms with E-state index in [4.69, 9.17) is 5.11 Å². The number of hydrogen-bond acceptors (Lipinski definition) is 6. The summed E-state index contributed by atoms with van der Waals surface area (Å²) in [5, 5.41) is 12.2. The monoisotopic (exact) mass is 474 g/mol. The molecule has 0 atom stereocenters. The minimum Gasteiger partial charge on any atom is -0.481 e. The zero-order chi connectivity index (χ0) is 22.7. The summed E-state index contributed by atoms with van der Waals surface area (Å²) >= 11 is 2.44. The summed E-state index contributed by atoms with van der Waals surface area (Å²) in [5.41, 5.74) is 2.75. The Morgan fingerprint density at radius 3 is 2.81 bits per heavy atom. The highest BCUT2D eigenvalue weighted by Gasteiger charge is 2.27. The van der Waals surface area contributed by atoms with Crippen molar-refractivity contribution in [3.05, 3.63) is 30.0 Å². The van der Waals surface area contributed by atoms with E-state index in [-0.39, 0.29) is 17.7 Å². The van der Waals surface area contributed by atoms with Crippen molar-refractivity contribution in [1.82, 2.24) is 4.98 Å². The molecule has 0 saturated heterocycles. The average Bonchev–Trinajstić information content (AvgIpc) is 3.50. The fraction of sp³-hybridized carbons (Fsp3) is 0.455. The summed E-state index contributed by atoms with van der Waals surface area (Å²) in [4.78, 5) is 43.8. The van der Waals surface area contributed by atoms with Gasteiger partial charge in [0, 0.05) is 31.4 Å². The molecule has 1 aromatic heterocycles. The molecule has 1 aromatic carbocycles. The van der Waals surface area contributed by atoms with Crippen molar-refractivity contribution in [3.63, 3.8) is 0 Å². The van der Waals surface area contributed by atoms with Crippen molar-refractivity contribution in [2.75, 3.05) is 34.0 Å². The molecule has 3 amide bonds. The van der Waals surface area contributed by atoms with Crippen molar-refractivity contribution in [3.8, 4) is 0 Å². The number of rotatable bonds is 7. The van der Waals surface area contributed by atoms with E-state index in [1.807, 2.05) is 18.2 Å². The first-order valence-electron chi connectivity index (χ1n) is 10.7. The van der Waals surface area contributed by atoms with Crippen molar-refractivity contribution in [2.45, 2.75) is 43.2 Å². The van der Waals surface area contributed by atoms with Crippen LogP contribution in [0.4, 0.5) is 21.3 Å². The molecule has 170 valence electrons. The predicted octanol–water partition coefficient (Wildman–Crippen LogP) is 4.46. The molecular weight excluding hydrogens is 448 g/mol. The Kier molecular flexibility index (Phi) is 7.00. The molecule has 1 fully saturated rings. The number of nitrogens with zero attached hydrogens (tertiary/aromatic N) is 3. The van der Waals surface area contributed by atoms with Crippen molar-refractivity contribution >= 4 is 57.5 Å². The van der Waals surface area contributed by atoms with Gasteiger partial charge in [0.2, 0.25) is 5.91 Å². The first kappa shape index (κ1) is 22.6. The third-order valence-electron chi connectivity index (χ3n) is 5.85. The largest absolute Gasteiger partial charge is 0.481 e. The molecule has 0 unspecified atom stereocenters. The van der Waals surface area contributed by atoms with Crippen LogP contribution in [0.2, 0.25) is 0 Å². The van der Waals surface area contributed by atoms with Crippen LogP contribution in [-0.2, 0) is 16.0 Å². The molecule has 2 aliphatic rings. The van der Waals surface area contributed by atoms with E-state index in [0.29, 0.717) is 24.1 Å². The van der Waals surface area contributed by atoms with Crippen LogP contribution >= 0.6 is 23.1 Å². The Hall–Kier alpha value is -2.59. The zero-order valence-corrected chi connectivity index (χ0v) is 19.5. The van der Waals surface area contributed by atoms with Gasteiger partial charge in [-0.15, -0.1) is 11.8 Å². The fourth-order valence-corrected chi connectivity index (χ4v) is 5.88. The lowest BCUT2D eigenvalue weighted by atomic mass is 10.1. The summed E-state index contributed by atoms with van der Waals surface area (Å²) in [6.07, 6.45) is 6.95. The van der Waals surface area contributed by atoms with E-state index in [2.05, 4.69) is 10.3 Å². The third-order valence-corrected chi connectivity index (χ3v) is 7.95. The quantitative estimate of drug-likeness (QED) is 0.575. The molecule has 2 heterocycles. The van der Waals surface area contributed by atoms with Gasteiger partial charge in [0.25, 0.3) is 0 Å². The third kappa shape index (κ3) is 5.24. The highest BCUT2D eigenvalue weighted by atomic mass is 32.2. The van der Waals surface area contributed by atoms with Gasteiger partial charge in [-0.05, 0) is 42.9 Å². The summed E-state index contributed by atoms with van der Waals surface area (Å²) in [5.74, 6) is -0.503. The molecule has 8 nitrogen and oxygen atoms in total. The van der Waals surface area contributed by atoms with Gasteiger partial charge in [0.05, 0.1) is 16.2 Å². The molecule has 32 heavy (non-hydrogen) atoms. The summed E-state index contributed by atoms with van der Waals surface area (Å²) in [6.45, 7) is 2.84. The topological polar surface area (TPSA) is 103 Å². The van der Waals surface area contributed by atoms with Gasteiger partial charge in [0.1, 0.15) is 0 Å². The Morgan fingerprint density at radius 1 is 1.31 bits per heavy atom. The fourth-order valence-electron chi connectivity index (χ4n) is 4.29. The van der Waals surface area contributed by atoms with Crippen LogP contribution in [0.25, 0.3) is 0 Å². The standard InChI is InChI=1S/C22H26N4O4S2/c1-14(27)25-9-8-16-6-7-17(10-18(16)25)26(12-15-4-2-3-5-15)22(30)24-21-23-11-20(32-21)31-13-19(28)29/h6-7,10-11,15H,2-5,8-9,12-13H2,1H3,(H,28,29)(H,23,24,30).